The molecule has 5 heterocycles. The highest BCUT2D eigenvalue weighted by molar-refractivity contribution is 6.07. The zero-order chi connectivity index (χ0) is 22.8. The molecule has 2 atom stereocenters. The fourth-order valence-corrected chi connectivity index (χ4v) is 5.15. The summed E-state index contributed by atoms with van der Waals surface area (Å²) in [4.78, 5) is 22.6. The molecule has 1 aliphatic heterocycles. The van der Waals surface area contributed by atoms with Crippen LogP contribution in [-0.4, -0.2) is 48.2 Å². The molecule has 0 spiro atoms. The molecule has 2 bridgehead atoms. The molecule has 1 saturated carbocycles. The van der Waals surface area contributed by atoms with Crippen LogP contribution in [-0.2, 0) is 10.2 Å². The first kappa shape index (κ1) is 20.2. The lowest BCUT2D eigenvalue weighted by molar-refractivity contribution is -0.00627. The molecule has 170 valence electrons. The summed E-state index contributed by atoms with van der Waals surface area (Å²) in [5.41, 5.74) is 3.21. The van der Waals surface area contributed by atoms with Gasteiger partial charge in [-0.1, -0.05) is 0 Å². The topological polar surface area (TPSA) is 95.0 Å². The van der Waals surface area contributed by atoms with E-state index < -0.39 is 0 Å². The third kappa shape index (κ3) is 3.26. The smallest absolute Gasteiger partial charge is 0.261 e. The Balaban J connectivity index is 1.39. The SMILES string of the molecule is CC(C)Oc1cc2nc(C34CCC(C)(C3)OC4)cn2cc1C(=O)Nc1cnn2cccnc12. The maximum Gasteiger partial charge on any atom is 0.261 e. The number of nitrogens with one attached hydrogen (secondary N) is 1. The van der Waals surface area contributed by atoms with Crippen LogP contribution in [0.1, 0.15) is 56.1 Å². The normalized spacial score (nSPS) is 24.2. The van der Waals surface area contributed by atoms with Gasteiger partial charge in [-0.3, -0.25) is 4.79 Å². The van der Waals surface area contributed by atoms with Gasteiger partial charge in [0.1, 0.15) is 17.1 Å². The van der Waals surface area contributed by atoms with E-state index in [9.17, 15) is 4.79 Å². The molecule has 4 aromatic heterocycles. The van der Waals surface area contributed by atoms with E-state index in [2.05, 4.69) is 22.3 Å². The van der Waals surface area contributed by atoms with Crippen molar-refractivity contribution in [3.63, 3.8) is 0 Å². The number of amides is 1. The van der Waals surface area contributed by atoms with E-state index in [0.717, 1.165) is 30.6 Å². The first-order chi connectivity index (χ1) is 15.8. The van der Waals surface area contributed by atoms with Crippen LogP contribution >= 0.6 is 0 Å². The Labute approximate surface area is 190 Å². The maximum absolute atomic E-state index is 13.3. The van der Waals surface area contributed by atoms with Crippen molar-refractivity contribution in [3.05, 3.63) is 54.4 Å². The average molecular weight is 447 g/mol. The molecular weight excluding hydrogens is 420 g/mol. The van der Waals surface area contributed by atoms with E-state index in [0.29, 0.717) is 29.3 Å². The van der Waals surface area contributed by atoms with E-state index in [4.69, 9.17) is 14.5 Å². The average Bonchev–Trinajstić information content (AvgIpc) is 3.54. The maximum atomic E-state index is 13.3. The summed E-state index contributed by atoms with van der Waals surface area (Å²) < 4.78 is 15.6. The molecule has 1 aliphatic carbocycles. The molecule has 1 N–H and O–H groups in total. The van der Waals surface area contributed by atoms with Crippen molar-refractivity contribution in [3.8, 4) is 5.75 Å². The highest BCUT2D eigenvalue weighted by atomic mass is 16.5. The lowest BCUT2D eigenvalue weighted by atomic mass is 9.84. The Morgan fingerprint density at radius 1 is 1.30 bits per heavy atom. The van der Waals surface area contributed by atoms with Crippen molar-refractivity contribution >= 4 is 22.9 Å². The second kappa shape index (κ2) is 7.02. The van der Waals surface area contributed by atoms with Crippen LogP contribution in [0.25, 0.3) is 11.3 Å². The Morgan fingerprint density at radius 2 is 2.18 bits per heavy atom. The largest absolute Gasteiger partial charge is 0.490 e. The predicted octanol–water partition coefficient (Wildman–Crippen LogP) is 3.63. The van der Waals surface area contributed by atoms with Crippen LogP contribution in [0.2, 0.25) is 0 Å². The predicted molar refractivity (Wildman–Crippen MR) is 122 cm³/mol. The summed E-state index contributed by atoms with van der Waals surface area (Å²) in [6, 6.07) is 3.62. The fraction of sp³-hybridized carbons (Fsp3) is 0.417. The van der Waals surface area contributed by atoms with E-state index in [1.807, 2.05) is 30.5 Å². The minimum absolute atomic E-state index is 0.0465. The number of anilines is 1. The van der Waals surface area contributed by atoms with Gasteiger partial charge in [0.15, 0.2) is 5.65 Å². The molecule has 0 aromatic carbocycles. The lowest BCUT2D eigenvalue weighted by Crippen LogP contribution is -2.26. The third-order valence-corrected chi connectivity index (χ3v) is 6.77. The van der Waals surface area contributed by atoms with Crippen LogP contribution in [0.15, 0.2) is 43.1 Å². The van der Waals surface area contributed by atoms with E-state index >= 15 is 0 Å². The van der Waals surface area contributed by atoms with Crippen LogP contribution in [0, 0.1) is 0 Å². The molecule has 2 aliphatic rings. The Morgan fingerprint density at radius 3 is 2.91 bits per heavy atom. The highest BCUT2D eigenvalue weighted by Gasteiger charge is 2.55. The van der Waals surface area contributed by atoms with Gasteiger partial charge in [0.25, 0.3) is 5.91 Å². The van der Waals surface area contributed by atoms with Crippen molar-refractivity contribution in [2.24, 2.45) is 0 Å². The number of carbonyl (C=O) groups is 1. The summed E-state index contributed by atoms with van der Waals surface area (Å²) in [6.45, 7) is 6.75. The summed E-state index contributed by atoms with van der Waals surface area (Å²) >= 11 is 0. The molecule has 1 amide bonds. The molecule has 33 heavy (non-hydrogen) atoms. The quantitative estimate of drug-likeness (QED) is 0.503. The Hall–Kier alpha value is -3.46. The zero-order valence-corrected chi connectivity index (χ0v) is 18.9. The van der Waals surface area contributed by atoms with Crippen LogP contribution < -0.4 is 10.1 Å². The minimum Gasteiger partial charge on any atom is -0.490 e. The first-order valence-corrected chi connectivity index (χ1v) is 11.3. The zero-order valence-electron chi connectivity index (χ0n) is 18.9. The van der Waals surface area contributed by atoms with Gasteiger partial charge in [0, 0.05) is 36.3 Å². The molecule has 4 aromatic rings. The molecule has 1 saturated heterocycles. The molecule has 2 unspecified atom stereocenters. The van der Waals surface area contributed by atoms with Gasteiger partial charge in [-0.2, -0.15) is 5.10 Å². The summed E-state index contributed by atoms with van der Waals surface area (Å²) in [6.07, 6.45) is 11.9. The summed E-state index contributed by atoms with van der Waals surface area (Å²) in [5, 5.41) is 7.17. The first-order valence-electron chi connectivity index (χ1n) is 11.3. The third-order valence-electron chi connectivity index (χ3n) is 6.77. The fourth-order valence-electron chi connectivity index (χ4n) is 5.15. The van der Waals surface area contributed by atoms with Gasteiger partial charge in [0.05, 0.1) is 35.8 Å². The number of carbonyl (C=O) groups excluding carboxylic acids is 1. The van der Waals surface area contributed by atoms with Gasteiger partial charge < -0.3 is 19.2 Å². The molecule has 9 nitrogen and oxygen atoms in total. The van der Waals surface area contributed by atoms with Crippen LogP contribution in [0.5, 0.6) is 5.75 Å². The molecule has 2 fully saturated rings. The van der Waals surface area contributed by atoms with Crippen molar-refractivity contribution < 1.29 is 14.3 Å². The summed E-state index contributed by atoms with van der Waals surface area (Å²) in [7, 11) is 0. The second-order valence-corrected chi connectivity index (χ2v) is 9.71. The number of hydrogen-bond acceptors (Lipinski definition) is 6. The van der Waals surface area contributed by atoms with Gasteiger partial charge >= 0.3 is 0 Å². The second-order valence-electron chi connectivity index (χ2n) is 9.71. The standard InChI is InChI=1S/C24H26N6O3/c1-15(2)33-18-9-20-28-19(24-6-5-23(3,13-24)32-14-24)12-29(20)11-16(18)22(31)27-17-10-26-30-8-4-7-25-21(17)30/h4,7-12,15H,5-6,13-14H2,1-3H3,(H,27,31). The van der Waals surface area contributed by atoms with Crippen molar-refractivity contribution in [2.45, 2.75) is 57.2 Å². The lowest BCUT2D eigenvalue weighted by Gasteiger charge is -2.24. The van der Waals surface area contributed by atoms with Crippen molar-refractivity contribution in [1.29, 1.82) is 0 Å². The molecule has 0 radical (unpaired) electrons. The molecule has 6 rings (SSSR count). The van der Waals surface area contributed by atoms with Gasteiger partial charge in [0.2, 0.25) is 0 Å². The van der Waals surface area contributed by atoms with Crippen LogP contribution in [0.3, 0.4) is 0 Å². The monoisotopic (exact) mass is 446 g/mol. The summed E-state index contributed by atoms with van der Waals surface area (Å²) in [5.74, 6) is 0.201. The number of pyridine rings is 1. The van der Waals surface area contributed by atoms with Crippen molar-refractivity contribution in [1.82, 2.24) is 24.0 Å². The molecule has 9 heteroatoms. The number of nitrogens with zero attached hydrogens (tertiary/aromatic N) is 5. The Bertz CT molecular complexity index is 1380. The number of hydrogen-bond donors (Lipinski definition) is 1. The highest BCUT2D eigenvalue weighted by Crippen LogP contribution is 2.53. The van der Waals surface area contributed by atoms with E-state index in [1.165, 1.54) is 0 Å². The number of imidazole rings is 1. The van der Waals surface area contributed by atoms with Gasteiger partial charge in [-0.05, 0) is 46.1 Å². The number of aromatic nitrogens is 5. The van der Waals surface area contributed by atoms with Gasteiger partial charge in [-0.25, -0.2) is 14.5 Å². The minimum atomic E-state index is -0.292. The molecular formula is C24H26N6O3. The van der Waals surface area contributed by atoms with E-state index in [1.54, 1.807) is 35.4 Å². The number of rotatable bonds is 5. The van der Waals surface area contributed by atoms with E-state index in [-0.39, 0.29) is 23.0 Å². The Kier molecular flexibility index (Phi) is 4.29. The number of fused-ring (bicyclic) bond motifs is 4. The van der Waals surface area contributed by atoms with Crippen molar-refractivity contribution in [2.75, 3.05) is 11.9 Å². The van der Waals surface area contributed by atoms with Gasteiger partial charge in [-0.15, -0.1) is 0 Å². The number of ether oxygens (including phenoxy) is 2. The van der Waals surface area contributed by atoms with Crippen LogP contribution in [0.4, 0.5) is 5.69 Å².